The van der Waals surface area contributed by atoms with Crippen molar-refractivity contribution in [3.8, 4) is 11.5 Å². The summed E-state index contributed by atoms with van der Waals surface area (Å²) in [6, 6.07) is 14.8. The van der Waals surface area contributed by atoms with E-state index in [0.29, 0.717) is 11.3 Å². The maximum absolute atomic E-state index is 12.8. The van der Waals surface area contributed by atoms with E-state index in [0.717, 1.165) is 28.6 Å². The van der Waals surface area contributed by atoms with Crippen molar-refractivity contribution in [1.82, 2.24) is 14.9 Å². The van der Waals surface area contributed by atoms with E-state index in [1.807, 2.05) is 30.8 Å². The first-order valence-corrected chi connectivity index (χ1v) is 9.87. The predicted molar refractivity (Wildman–Crippen MR) is 115 cm³/mol. The Morgan fingerprint density at radius 2 is 1.84 bits per heavy atom. The van der Waals surface area contributed by atoms with Crippen LogP contribution in [0.3, 0.4) is 0 Å². The van der Waals surface area contributed by atoms with Crippen LogP contribution in [0.2, 0.25) is 0 Å². The Kier molecular flexibility index (Phi) is 5.61. The average molecular weight is 439 g/mol. The van der Waals surface area contributed by atoms with Crippen molar-refractivity contribution >= 4 is 16.7 Å². The van der Waals surface area contributed by atoms with Gasteiger partial charge in [0.15, 0.2) is 0 Å². The van der Waals surface area contributed by atoms with Gasteiger partial charge in [-0.1, -0.05) is 12.1 Å². The highest BCUT2D eigenvalue weighted by Gasteiger charge is 2.30. The number of alkyl halides is 3. The average Bonchev–Trinajstić information content (AvgIpc) is 3.20. The number of amides is 1. The second-order valence-electron chi connectivity index (χ2n) is 7.48. The molecule has 0 aliphatic rings. The van der Waals surface area contributed by atoms with Crippen molar-refractivity contribution < 1.29 is 22.7 Å². The molecule has 0 spiro atoms. The van der Waals surface area contributed by atoms with E-state index < -0.39 is 11.7 Å². The third-order valence-electron chi connectivity index (χ3n) is 5.03. The standard InChI is InChI=1S/C24H20F3N3O2/c1-15(21-13-30(2)14-28-21)29-23(31)17-6-11-20-16(12-17)4-3-5-22(20)32-19-9-7-18(8-10-19)24(25,26)27/h3-15H,1-2H3,(H,29,31)/t15-/m1/s1. The van der Waals surface area contributed by atoms with Crippen molar-refractivity contribution in [1.29, 1.82) is 0 Å². The molecule has 0 bridgehead atoms. The molecule has 0 saturated carbocycles. The number of carbonyl (C=O) groups excluding carboxylic acids is 1. The van der Waals surface area contributed by atoms with E-state index >= 15 is 0 Å². The molecule has 1 atom stereocenters. The first-order chi connectivity index (χ1) is 15.2. The molecule has 1 aromatic heterocycles. The molecule has 4 aromatic rings. The lowest BCUT2D eigenvalue weighted by Gasteiger charge is -2.13. The number of hydrogen-bond donors (Lipinski definition) is 1. The monoisotopic (exact) mass is 439 g/mol. The molecule has 0 saturated heterocycles. The van der Waals surface area contributed by atoms with Gasteiger partial charge in [0, 0.05) is 24.2 Å². The minimum atomic E-state index is -4.40. The molecular formula is C24H20F3N3O2. The number of nitrogens with one attached hydrogen (secondary N) is 1. The van der Waals surface area contributed by atoms with Crippen LogP contribution in [0.1, 0.15) is 34.6 Å². The Hall–Kier alpha value is -3.81. The topological polar surface area (TPSA) is 56.1 Å². The molecule has 1 amide bonds. The van der Waals surface area contributed by atoms with E-state index in [1.165, 1.54) is 12.1 Å². The molecule has 3 aromatic carbocycles. The summed E-state index contributed by atoms with van der Waals surface area (Å²) in [7, 11) is 1.86. The van der Waals surface area contributed by atoms with E-state index in [1.54, 1.807) is 36.7 Å². The highest BCUT2D eigenvalue weighted by atomic mass is 19.4. The first kappa shape index (κ1) is 21.4. The van der Waals surface area contributed by atoms with Crippen LogP contribution in [-0.4, -0.2) is 15.5 Å². The number of aryl methyl sites for hydroxylation is 1. The number of carbonyl (C=O) groups is 1. The van der Waals surface area contributed by atoms with E-state index in [2.05, 4.69) is 10.3 Å². The number of aromatic nitrogens is 2. The van der Waals surface area contributed by atoms with Crippen molar-refractivity contribution in [3.05, 3.63) is 90.0 Å². The van der Waals surface area contributed by atoms with Crippen LogP contribution >= 0.6 is 0 Å². The van der Waals surface area contributed by atoms with Gasteiger partial charge in [-0.05, 0) is 60.8 Å². The zero-order valence-corrected chi connectivity index (χ0v) is 17.4. The first-order valence-electron chi connectivity index (χ1n) is 9.87. The number of hydrogen-bond acceptors (Lipinski definition) is 3. The van der Waals surface area contributed by atoms with E-state index in [-0.39, 0.29) is 17.7 Å². The fraction of sp³-hybridized carbons (Fsp3) is 0.167. The van der Waals surface area contributed by atoms with Gasteiger partial charge in [-0.15, -0.1) is 0 Å². The summed E-state index contributed by atoms with van der Waals surface area (Å²) in [5.41, 5.74) is 0.499. The van der Waals surface area contributed by atoms with Gasteiger partial charge in [-0.25, -0.2) is 4.98 Å². The summed E-state index contributed by atoms with van der Waals surface area (Å²) in [4.78, 5) is 17.0. The molecular weight excluding hydrogens is 419 g/mol. The third-order valence-corrected chi connectivity index (χ3v) is 5.03. The molecule has 32 heavy (non-hydrogen) atoms. The van der Waals surface area contributed by atoms with Gasteiger partial charge in [0.25, 0.3) is 5.91 Å². The van der Waals surface area contributed by atoms with Gasteiger partial charge >= 0.3 is 6.18 Å². The van der Waals surface area contributed by atoms with Crippen molar-refractivity contribution in [2.45, 2.75) is 19.1 Å². The molecule has 0 unspecified atom stereocenters. The lowest BCUT2D eigenvalue weighted by atomic mass is 10.1. The zero-order chi connectivity index (χ0) is 22.9. The van der Waals surface area contributed by atoms with Crippen LogP contribution in [0, 0.1) is 0 Å². The van der Waals surface area contributed by atoms with Crippen molar-refractivity contribution in [2.75, 3.05) is 0 Å². The number of halogens is 3. The fourth-order valence-electron chi connectivity index (χ4n) is 3.33. The summed E-state index contributed by atoms with van der Waals surface area (Å²) < 4.78 is 45.9. The van der Waals surface area contributed by atoms with Crippen LogP contribution < -0.4 is 10.1 Å². The van der Waals surface area contributed by atoms with Crippen LogP contribution in [0.25, 0.3) is 10.8 Å². The molecule has 1 N–H and O–H groups in total. The molecule has 164 valence electrons. The van der Waals surface area contributed by atoms with Crippen LogP contribution in [-0.2, 0) is 13.2 Å². The largest absolute Gasteiger partial charge is 0.457 e. The quantitative estimate of drug-likeness (QED) is 0.423. The Morgan fingerprint density at radius 3 is 2.50 bits per heavy atom. The minimum Gasteiger partial charge on any atom is -0.457 e. The smallest absolute Gasteiger partial charge is 0.416 e. The van der Waals surface area contributed by atoms with Crippen LogP contribution in [0.4, 0.5) is 13.2 Å². The predicted octanol–water partition coefficient (Wildman–Crippen LogP) is 5.88. The molecule has 4 rings (SSSR count). The van der Waals surface area contributed by atoms with Gasteiger partial charge < -0.3 is 14.6 Å². The Bertz CT molecular complexity index is 1260. The number of fused-ring (bicyclic) bond motifs is 1. The summed E-state index contributed by atoms with van der Waals surface area (Å²) in [5, 5.41) is 4.43. The van der Waals surface area contributed by atoms with Gasteiger partial charge in [0.2, 0.25) is 0 Å². The van der Waals surface area contributed by atoms with Crippen LogP contribution in [0.5, 0.6) is 11.5 Å². The second-order valence-corrected chi connectivity index (χ2v) is 7.48. The lowest BCUT2D eigenvalue weighted by Crippen LogP contribution is -2.26. The van der Waals surface area contributed by atoms with Crippen molar-refractivity contribution in [3.63, 3.8) is 0 Å². The second kappa shape index (κ2) is 8.37. The molecule has 0 aliphatic heterocycles. The van der Waals surface area contributed by atoms with Crippen LogP contribution in [0.15, 0.2) is 73.2 Å². The summed E-state index contributed by atoms with van der Waals surface area (Å²) in [6.07, 6.45) is -0.884. The van der Waals surface area contributed by atoms with Gasteiger partial charge in [0.1, 0.15) is 11.5 Å². The maximum atomic E-state index is 12.8. The Balaban J connectivity index is 1.54. The van der Waals surface area contributed by atoms with Gasteiger partial charge in [-0.2, -0.15) is 13.2 Å². The summed E-state index contributed by atoms with van der Waals surface area (Å²) in [6.45, 7) is 1.86. The number of ether oxygens (including phenoxy) is 1. The SMILES string of the molecule is C[C@@H](NC(=O)c1ccc2c(Oc3ccc(C(F)(F)F)cc3)cccc2c1)c1cn(C)cn1. The molecule has 5 nitrogen and oxygen atoms in total. The molecule has 1 heterocycles. The molecule has 0 radical (unpaired) electrons. The van der Waals surface area contributed by atoms with Crippen molar-refractivity contribution in [2.24, 2.45) is 7.05 Å². The van der Waals surface area contributed by atoms with Gasteiger partial charge in [-0.3, -0.25) is 4.79 Å². The molecule has 0 fully saturated rings. The molecule has 0 aliphatic carbocycles. The lowest BCUT2D eigenvalue weighted by molar-refractivity contribution is -0.137. The van der Waals surface area contributed by atoms with Gasteiger partial charge in [0.05, 0.1) is 23.6 Å². The number of rotatable bonds is 5. The third kappa shape index (κ3) is 4.59. The summed E-state index contributed by atoms with van der Waals surface area (Å²) in [5.74, 6) is 0.534. The Labute approximate surface area is 182 Å². The number of imidazole rings is 1. The fourth-order valence-corrected chi connectivity index (χ4v) is 3.33. The minimum absolute atomic E-state index is 0.237. The normalized spacial score (nSPS) is 12.5. The highest BCUT2D eigenvalue weighted by Crippen LogP contribution is 2.33. The van der Waals surface area contributed by atoms with E-state index in [4.69, 9.17) is 4.74 Å². The highest BCUT2D eigenvalue weighted by molar-refractivity contribution is 6.00. The Morgan fingerprint density at radius 1 is 1.09 bits per heavy atom. The molecule has 8 heteroatoms. The number of benzene rings is 3. The van der Waals surface area contributed by atoms with E-state index in [9.17, 15) is 18.0 Å². The summed E-state index contributed by atoms with van der Waals surface area (Å²) >= 11 is 0. The maximum Gasteiger partial charge on any atom is 0.416 e. The zero-order valence-electron chi connectivity index (χ0n) is 17.4. The number of nitrogens with zero attached hydrogens (tertiary/aromatic N) is 2.